The number of carbonyl (C=O) groups is 1. The lowest BCUT2D eigenvalue weighted by Crippen LogP contribution is -2.38. The van der Waals surface area contributed by atoms with Crippen molar-refractivity contribution in [2.75, 3.05) is 40.0 Å². The van der Waals surface area contributed by atoms with E-state index in [9.17, 15) is 4.79 Å². The molecule has 2 aromatic rings. The summed E-state index contributed by atoms with van der Waals surface area (Å²) in [5.41, 5.74) is 1.58. The molecule has 0 unspecified atom stereocenters. The smallest absolute Gasteiger partial charge is 0.251 e. The first-order valence-electron chi connectivity index (χ1n) is 10.7. The summed E-state index contributed by atoms with van der Waals surface area (Å²) >= 11 is 0. The van der Waals surface area contributed by atoms with Crippen molar-refractivity contribution in [1.29, 1.82) is 0 Å². The number of ether oxygens (including phenoxy) is 2. The van der Waals surface area contributed by atoms with E-state index in [-0.39, 0.29) is 29.9 Å². The van der Waals surface area contributed by atoms with Crippen LogP contribution in [-0.4, -0.2) is 51.9 Å². The highest BCUT2D eigenvalue weighted by Crippen LogP contribution is 2.06. The molecule has 0 aliphatic heterocycles. The predicted molar refractivity (Wildman–Crippen MR) is 136 cm³/mol. The van der Waals surface area contributed by atoms with Gasteiger partial charge in [0, 0.05) is 32.3 Å². The molecule has 0 spiro atoms. The van der Waals surface area contributed by atoms with Crippen LogP contribution in [0.1, 0.15) is 41.4 Å². The first kappa shape index (κ1) is 27.9. The summed E-state index contributed by atoms with van der Waals surface area (Å²) in [6.07, 6.45) is 3.81. The van der Waals surface area contributed by atoms with Crippen molar-refractivity contribution in [3.8, 4) is 0 Å². The van der Waals surface area contributed by atoms with Gasteiger partial charge in [-0.1, -0.05) is 25.5 Å². The zero-order valence-corrected chi connectivity index (χ0v) is 21.2. The molecule has 0 radical (unpaired) electrons. The number of furan rings is 1. The topological polar surface area (TPSA) is 97.1 Å². The van der Waals surface area contributed by atoms with E-state index in [4.69, 9.17) is 13.9 Å². The summed E-state index contributed by atoms with van der Waals surface area (Å²) in [4.78, 5) is 16.6. The van der Waals surface area contributed by atoms with E-state index >= 15 is 0 Å². The van der Waals surface area contributed by atoms with E-state index in [2.05, 4.69) is 27.9 Å². The number of nitrogens with one attached hydrogen (secondary N) is 3. The van der Waals surface area contributed by atoms with Gasteiger partial charge in [0.1, 0.15) is 5.76 Å². The predicted octanol–water partition coefficient (Wildman–Crippen LogP) is 3.33. The Hall–Kier alpha value is -2.11. The molecule has 8 nitrogen and oxygen atoms in total. The van der Waals surface area contributed by atoms with Crippen molar-refractivity contribution >= 4 is 35.8 Å². The Kier molecular flexibility index (Phi) is 15.2. The van der Waals surface area contributed by atoms with Gasteiger partial charge in [0.05, 0.1) is 32.6 Å². The Morgan fingerprint density at radius 2 is 1.81 bits per heavy atom. The minimum Gasteiger partial charge on any atom is -0.467 e. The van der Waals surface area contributed by atoms with E-state index in [1.807, 2.05) is 24.3 Å². The lowest BCUT2D eigenvalue weighted by Gasteiger charge is -2.13. The summed E-state index contributed by atoms with van der Waals surface area (Å²) in [6, 6.07) is 11.1. The van der Waals surface area contributed by atoms with Gasteiger partial charge in [-0.05, 0) is 36.2 Å². The van der Waals surface area contributed by atoms with E-state index in [0.29, 0.717) is 56.7 Å². The Morgan fingerprint density at radius 1 is 1.00 bits per heavy atom. The lowest BCUT2D eigenvalue weighted by atomic mass is 10.1. The summed E-state index contributed by atoms with van der Waals surface area (Å²) in [5.74, 6) is 1.25. The van der Waals surface area contributed by atoms with E-state index < -0.39 is 0 Å². The van der Waals surface area contributed by atoms with Gasteiger partial charge in [0.2, 0.25) is 0 Å². The molecule has 0 saturated carbocycles. The SMILES string of the molecule is CCCCOCCOCCNC(=NC)NCc1cccc(C(=O)NCc2ccco2)c1.I. The molecular formula is C23H35IN4O4. The van der Waals surface area contributed by atoms with Gasteiger partial charge in [-0.3, -0.25) is 9.79 Å². The molecule has 1 aromatic carbocycles. The van der Waals surface area contributed by atoms with Crippen LogP contribution in [0.5, 0.6) is 0 Å². The molecule has 32 heavy (non-hydrogen) atoms. The Balaban J connectivity index is 0.00000512. The average molecular weight is 558 g/mol. The number of hydrogen-bond donors (Lipinski definition) is 3. The molecule has 0 saturated heterocycles. The minimum atomic E-state index is -0.142. The lowest BCUT2D eigenvalue weighted by molar-refractivity contribution is 0.0487. The maximum Gasteiger partial charge on any atom is 0.251 e. The fourth-order valence-electron chi connectivity index (χ4n) is 2.72. The maximum atomic E-state index is 12.4. The van der Waals surface area contributed by atoms with Crippen molar-refractivity contribution in [2.24, 2.45) is 4.99 Å². The van der Waals surface area contributed by atoms with Gasteiger partial charge < -0.3 is 29.8 Å². The molecule has 0 aliphatic carbocycles. The van der Waals surface area contributed by atoms with E-state index in [1.54, 1.807) is 25.4 Å². The van der Waals surface area contributed by atoms with Crippen LogP contribution in [0.3, 0.4) is 0 Å². The third-order valence-electron chi connectivity index (χ3n) is 4.43. The van der Waals surface area contributed by atoms with Crippen LogP contribution in [0, 0.1) is 0 Å². The van der Waals surface area contributed by atoms with Gasteiger partial charge in [-0.2, -0.15) is 0 Å². The Morgan fingerprint density at radius 3 is 2.53 bits per heavy atom. The number of unbranched alkanes of at least 4 members (excludes halogenated alkanes) is 1. The summed E-state index contributed by atoms with van der Waals surface area (Å²) in [5, 5.41) is 9.30. The highest BCUT2D eigenvalue weighted by atomic mass is 127. The summed E-state index contributed by atoms with van der Waals surface area (Å²) in [6.45, 7) is 6.27. The largest absolute Gasteiger partial charge is 0.467 e. The number of rotatable bonds is 14. The Bertz CT molecular complexity index is 784. The van der Waals surface area contributed by atoms with Crippen LogP contribution in [-0.2, 0) is 22.6 Å². The fraction of sp³-hybridized carbons (Fsp3) is 0.478. The molecule has 9 heteroatoms. The molecule has 0 fully saturated rings. The second kappa shape index (κ2) is 17.4. The zero-order chi connectivity index (χ0) is 22.2. The number of guanidine groups is 1. The molecule has 0 aliphatic rings. The highest BCUT2D eigenvalue weighted by molar-refractivity contribution is 14.0. The van der Waals surface area contributed by atoms with Crippen LogP contribution >= 0.6 is 24.0 Å². The van der Waals surface area contributed by atoms with Crippen molar-refractivity contribution in [3.05, 3.63) is 59.5 Å². The second-order valence-electron chi connectivity index (χ2n) is 6.89. The van der Waals surface area contributed by atoms with Gasteiger partial charge >= 0.3 is 0 Å². The van der Waals surface area contributed by atoms with Crippen LogP contribution in [0.2, 0.25) is 0 Å². The quantitative estimate of drug-likeness (QED) is 0.143. The average Bonchev–Trinajstić information content (AvgIpc) is 3.32. The summed E-state index contributed by atoms with van der Waals surface area (Å²) < 4.78 is 16.2. The molecule has 1 aromatic heterocycles. The van der Waals surface area contributed by atoms with E-state index in [1.165, 1.54) is 0 Å². The van der Waals surface area contributed by atoms with Crippen molar-refractivity contribution in [1.82, 2.24) is 16.0 Å². The zero-order valence-electron chi connectivity index (χ0n) is 18.9. The molecule has 178 valence electrons. The van der Waals surface area contributed by atoms with E-state index in [0.717, 1.165) is 25.0 Å². The van der Waals surface area contributed by atoms with Crippen LogP contribution in [0.15, 0.2) is 52.1 Å². The molecule has 2 rings (SSSR count). The van der Waals surface area contributed by atoms with Gasteiger partial charge in [-0.15, -0.1) is 24.0 Å². The third kappa shape index (κ3) is 11.5. The normalized spacial score (nSPS) is 11.0. The molecule has 1 heterocycles. The molecule has 0 bridgehead atoms. The van der Waals surface area contributed by atoms with Crippen molar-refractivity contribution in [2.45, 2.75) is 32.9 Å². The Labute approximate surface area is 207 Å². The number of amides is 1. The van der Waals surface area contributed by atoms with Crippen molar-refractivity contribution < 1.29 is 18.7 Å². The standard InChI is InChI=1S/C23H34N4O4.HI/c1-3-4-11-29-14-15-30-13-10-25-23(24-2)27-17-19-7-5-8-20(16-19)22(28)26-18-21-9-6-12-31-21;/h5-9,12,16H,3-4,10-11,13-15,17-18H2,1-2H3,(H,26,28)(H2,24,25,27);1H. The molecule has 1 amide bonds. The number of halogens is 1. The van der Waals surface area contributed by atoms with Crippen LogP contribution in [0.25, 0.3) is 0 Å². The first-order valence-corrected chi connectivity index (χ1v) is 10.7. The van der Waals surface area contributed by atoms with Crippen molar-refractivity contribution in [3.63, 3.8) is 0 Å². The third-order valence-corrected chi connectivity index (χ3v) is 4.43. The molecular weight excluding hydrogens is 523 g/mol. The van der Waals surface area contributed by atoms with Gasteiger partial charge in [0.25, 0.3) is 5.91 Å². The summed E-state index contributed by atoms with van der Waals surface area (Å²) in [7, 11) is 1.72. The number of benzene rings is 1. The number of aliphatic imine (C=N–C) groups is 1. The maximum absolute atomic E-state index is 12.4. The first-order chi connectivity index (χ1) is 15.2. The number of nitrogens with zero attached hydrogens (tertiary/aromatic N) is 1. The minimum absolute atomic E-state index is 0. The van der Waals surface area contributed by atoms with Gasteiger partial charge in [0.15, 0.2) is 5.96 Å². The number of carbonyl (C=O) groups excluding carboxylic acids is 1. The number of hydrogen-bond acceptors (Lipinski definition) is 5. The van der Waals surface area contributed by atoms with Crippen LogP contribution in [0.4, 0.5) is 0 Å². The fourth-order valence-corrected chi connectivity index (χ4v) is 2.72. The van der Waals surface area contributed by atoms with Crippen LogP contribution < -0.4 is 16.0 Å². The second-order valence-corrected chi connectivity index (χ2v) is 6.89. The molecule has 3 N–H and O–H groups in total. The molecule has 0 atom stereocenters. The van der Waals surface area contributed by atoms with Gasteiger partial charge in [-0.25, -0.2) is 0 Å². The monoisotopic (exact) mass is 558 g/mol. The highest BCUT2D eigenvalue weighted by Gasteiger charge is 2.07.